The van der Waals surface area contributed by atoms with Crippen LogP contribution in [0.2, 0.25) is 0 Å². The van der Waals surface area contributed by atoms with Crippen molar-refractivity contribution in [1.29, 1.82) is 0 Å². The molecule has 0 bridgehead atoms. The van der Waals surface area contributed by atoms with Crippen molar-refractivity contribution in [3.63, 3.8) is 0 Å². The van der Waals surface area contributed by atoms with Gasteiger partial charge in [0.15, 0.2) is 5.69 Å². The maximum atomic E-state index is 5.84. The smallest absolute Gasteiger partial charge is 0.244 e. The summed E-state index contributed by atoms with van der Waals surface area (Å²) >= 11 is 0. The molecule has 0 atom stereocenters. The molecule has 2 N–H and O–H groups in total. The molecular weight excluding hydrogens is 244 g/mol. The Morgan fingerprint density at radius 1 is 1.16 bits per heavy atom. The SMILES string of the molecule is COc1ncnc(OCCN(C(C)C)C(C)C)c1N. The van der Waals surface area contributed by atoms with Gasteiger partial charge in [0.05, 0.1) is 7.11 Å². The van der Waals surface area contributed by atoms with E-state index in [-0.39, 0.29) is 0 Å². The van der Waals surface area contributed by atoms with E-state index < -0.39 is 0 Å². The summed E-state index contributed by atoms with van der Waals surface area (Å²) in [5.41, 5.74) is 6.18. The summed E-state index contributed by atoms with van der Waals surface area (Å²) in [5.74, 6) is 0.717. The number of nitrogen functional groups attached to an aromatic ring is 1. The number of hydrogen-bond acceptors (Lipinski definition) is 6. The van der Waals surface area contributed by atoms with E-state index in [4.69, 9.17) is 15.2 Å². The highest BCUT2D eigenvalue weighted by molar-refractivity contribution is 5.55. The molecule has 0 aliphatic heterocycles. The van der Waals surface area contributed by atoms with E-state index in [2.05, 4.69) is 42.6 Å². The molecule has 0 radical (unpaired) electrons. The topological polar surface area (TPSA) is 73.5 Å². The number of nitrogens with zero attached hydrogens (tertiary/aromatic N) is 3. The minimum Gasteiger partial charge on any atom is -0.479 e. The molecule has 0 aliphatic rings. The van der Waals surface area contributed by atoms with E-state index in [1.54, 1.807) is 0 Å². The van der Waals surface area contributed by atoms with Crippen molar-refractivity contribution in [2.24, 2.45) is 0 Å². The molecule has 6 heteroatoms. The van der Waals surface area contributed by atoms with Gasteiger partial charge in [-0.25, -0.2) is 0 Å². The summed E-state index contributed by atoms with van der Waals surface area (Å²) in [7, 11) is 1.52. The molecule has 0 aliphatic carbocycles. The van der Waals surface area contributed by atoms with Crippen molar-refractivity contribution in [2.45, 2.75) is 39.8 Å². The number of anilines is 1. The zero-order valence-corrected chi connectivity index (χ0v) is 12.4. The van der Waals surface area contributed by atoms with Gasteiger partial charge in [-0.1, -0.05) is 0 Å². The Labute approximate surface area is 114 Å². The second-order valence-electron chi connectivity index (χ2n) is 4.88. The van der Waals surface area contributed by atoms with Crippen molar-refractivity contribution >= 4 is 5.69 Å². The first-order valence-corrected chi connectivity index (χ1v) is 6.50. The predicted molar refractivity (Wildman–Crippen MR) is 75.5 cm³/mol. The van der Waals surface area contributed by atoms with Crippen LogP contribution in [0.4, 0.5) is 5.69 Å². The summed E-state index contributed by atoms with van der Waals surface area (Å²) in [4.78, 5) is 10.3. The summed E-state index contributed by atoms with van der Waals surface area (Å²) in [6, 6.07) is 0.946. The van der Waals surface area contributed by atoms with Gasteiger partial charge in [0.25, 0.3) is 0 Å². The van der Waals surface area contributed by atoms with Crippen molar-refractivity contribution in [2.75, 3.05) is 26.0 Å². The molecule has 0 aromatic carbocycles. The molecule has 6 nitrogen and oxygen atoms in total. The fourth-order valence-electron chi connectivity index (χ4n) is 2.00. The fraction of sp³-hybridized carbons (Fsp3) is 0.692. The number of nitrogens with two attached hydrogens (primary N) is 1. The third-order valence-electron chi connectivity index (χ3n) is 2.92. The van der Waals surface area contributed by atoms with Crippen molar-refractivity contribution in [3.05, 3.63) is 6.33 Å². The molecule has 1 aromatic heterocycles. The van der Waals surface area contributed by atoms with Crippen LogP contribution in [0.1, 0.15) is 27.7 Å². The third kappa shape index (κ3) is 4.24. The van der Waals surface area contributed by atoms with Gasteiger partial charge >= 0.3 is 0 Å². The average Bonchev–Trinajstić information content (AvgIpc) is 2.35. The zero-order valence-electron chi connectivity index (χ0n) is 12.4. The second-order valence-corrected chi connectivity index (χ2v) is 4.88. The first kappa shape index (κ1) is 15.5. The van der Waals surface area contributed by atoms with Gasteiger partial charge in [-0.3, -0.25) is 4.90 Å². The number of rotatable bonds is 7. The molecule has 108 valence electrons. The quantitative estimate of drug-likeness (QED) is 0.809. The van der Waals surface area contributed by atoms with Gasteiger partial charge in [-0.05, 0) is 27.7 Å². The number of methoxy groups -OCH3 is 1. The molecule has 1 heterocycles. The van der Waals surface area contributed by atoms with E-state index in [1.165, 1.54) is 13.4 Å². The summed E-state index contributed by atoms with van der Waals surface area (Å²) in [6.45, 7) is 10.0. The van der Waals surface area contributed by atoms with E-state index in [9.17, 15) is 0 Å². The maximum Gasteiger partial charge on any atom is 0.244 e. The van der Waals surface area contributed by atoms with Gasteiger partial charge < -0.3 is 15.2 Å². The molecule has 0 fully saturated rings. The molecule has 0 unspecified atom stereocenters. The average molecular weight is 268 g/mol. The maximum absolute atomic E-state index is 5.84. The van der Waals surface area contributed by atoms with Crippen LogP contribution in [-0.2, 0) is 0 Å². The summed E-state index contributed by atoms with van der Waals surface area (Å²) in [5, 5.41) is 0. The Morgan fingerprint density at radius 2 is 1.74 bits per heavy atom. The lowest BCUT2D eigenvalue weighted by Crippen LogP contribution is -2.39. The van der Waals surface area contributed by atoms with E-state index >= 15 is 0 Å². The fourth-order valence-corrected chi connectivity index (χ4v) is 2.00. The summed E-state index contributed by atoms with van der Waals surface area (Å²) in [6.07, 6.45) is 1.38. The van der Waals surface area contributed by atoms with Gasteiger partial charge in [0.1, 0.15) is 12.9 Å². The number of hydrogen-bond donors (Lipinski definition) is 1. The normalized spacial score (nSPS) is 11.4. The van der Waals surface area contributed by atoms with Crippen molar-refractivity contribution in [3.8, 4) is 11.8 Å². The highest BCUT2D eigenvalue weighted by Crippen LogP contribution is 2.25. The Hall–Kier alpha value is -1.56. The molecular formula is C13H24N4O2. The standard InChI is InChI=1S/C13H24N4O2/c1-9(2)17(10(3)4)6-7-19-13-11(14)12(18-5)15-8-16-13/h8-10H,6-7,14H2,1-5H3. The first-order chi connectivity index (χ1) is 8.97. The number of ether oxygens (including phenoxy) is 2. The predicted octanol–water partition coefficient (Wildman–Crippen LogP) is 1.56. The van der Waals surface area contributed by atoms with Gasteiger partial charge in [-0.2, -0.15) is 9.97 Å². The molecule has 19 heavy (non-hydrogen) atoms. The van der Waals surface area contributed by atoms with Crippen molar-refractivity contribution < 1.29 is 9.47 Å². The van der Waals surface area contributed by atoms with E-state index in [0.29, 0.717) is 36.1 Å². The van der Waals surface area contributed by atoms with Crippen LogP contribution in [0.15, 0.2) is 6.33 Å². The van der Waals surface area contributed by atoms with Crippen LogP contribution in [0.5, 0.6) is 11.8 Å². The van der Waals surface area contributed by atoms with E-state index in [1.807, 2.05) is 0 Å². The first-order valence-electron chi connectivity index (χ1n) is 6.50. The molecule has 1 rings (SSSR count). The lowest BCUT2D eigenvalue weighted by molar-refractivity contribution is 0.140. The largest absolute Gasteiger partial charge is 0.479 e. The molecule has 0 spiro atoms. The summed E-state index contributed by atoms with van der Waals surface area (Å²) < 4.78 is 10.6. The number of aromatic nitrogens is 2. The van der Waals surface area contributed by atoms with Crippen molar-refractivity contribution in [1.82, 2.24) is 14.9 Å². The van der Waals surface area contributed by atoms with Gasteiger partial charge in [0, 0.05) is 18.6 Å². The van der Waals surface area contributed by atoms with Gasteiger partial charge in [-0.15, -0.1) is 0 Å². The van der Waals surface area contributed by atoms with Crippen LogP contribution in [0, 0.1) is 0 Å². The van der Waals surface area contributed by atoms with Crippen LogP contribution in [0.3, 0.4) is 0 Å². The minimum absolute atomic E-state index is 0.339. The molecule has 0 amide bonds. The van der Waals surface area contributed by atoms with Gasteiger partial charge in [0.2, 0.25) is 11.8 Å². The zero-order chi connectivity index (χ0) is 14.4. The molecule has 0 saturated heterocycles. The molecule has 0 saturated carbocycles. The van der Waals surface area contributed by atoms with E-state index in [0.717, 1.165) is 6.54 Å². The van der Waals surface area contributed by atoms with Crippen LogP contribution >= 0.6 is 0 Å². The van der Waals surface area contributed by atoms with Crippen LogP contribution in [0.25, 0.3) is 0 Å². The molecule has 1 aromatic rings. The Balaban J connectivity index is 2.58. The lowest BCUT2D eigenvalue weighted by atomic mass is 10.2. The van der Waals surface area contributed by atoms with Crippen LogP contribution in [-0.4, -0.2) is 47.2 Å². The second kappa shape index (κ2) is 7.13. The Morgan fingerprint density at radius 3 is 2.26 bits per heavy atom. The highest BCUT2D eigenvalue weighted by Gasteiger charge is 2.14. The Kier molecular flexibility index (Phi) is 5.82. The Bertz CT molecular complexity index is 388. The lowest BCUT2D eigenvalue weighted by Gasteiger charge is -2.30. The third-order valence-corrected chi connectivity index (χ3v) is 2.92. The monoisotopic (exact) mass is 268 g/mol. The van der Waals surface area contributed by atoms with Crippen LogP contribution < -0.4 is 15.2 Å². The highest BCUT2D eigenvalue weighted by atomic mass is 16.5. The minimum atomic E-state index is 0.339.